The number of nitrogens with zero attached hydrogens (tertiary/aromatic N) is 2. The topological polar surface area (TPSA) is 96.6 Å². The second-order valence-corrected chi connectivity index (χ2v) is 11.4. The van der Waals surface area contributed by atoms with E-state index in [-0.39, 0.29) is 10.9 Å². The smallest absolute Gasteiger partial charge is 0.198 e. The van der Waals surface area contributed by atoms with Gasteiger partial charge >= 0.3 is 0 Å². The van der Waals surface area contributed by atoms with Gasteiger partial charge in [-0.2, -0.15) is 0 Å². The summed E-state index contributed by atoms with van der Waals surface area (Å²) in [5.41, 5.74) is 5.26. The van der Waals surface area contributed by atoms with Crippen LogP contribution in [0.4, 0.5) is 0 Å². The number of fused-ring (bicyclic) bond motifs is 4. The third-order valence-corrected chi connectivity index (χ3v) is 8.92. The molecule has 0 radical (unpaired) electrons. The highest BCUT2D eigenvalue weighted by Gasteiger charge is 2.22. The minimum Gasteiger partial charge on any atom is -0.464 e. The highest BCUT2D eigenvalue weighted by atomic mass is 16.3. The van der Waals surface area contributed by atoms with Crippen molar-refractivity contribution in [1.82, 2.24) is 9.13 Å². The van der Waals surface area contributed by atoms with E-state index in [4.69, 9.17) is 17.7 Å². The Morgan fingerprint density at radius 3 is 1.17 bits per heavy atom. The third-order valence-electron chi connectivity index (χ3n) is 8.92. The molecule has 222 valence electrons. The van der Waals surface area contributed by atoms with E-state index >= 15 is 0 Å². The zero-order chi connectivity index (χ0) is 31.1. The Morgan fingerprint density at radius 1 is 0.457 bits per heavy atom. The third kappa shape index (κ3) is 3.67. The molecule has 0 N–H and O–H groups in total. The van der Waals surface area contributed by atoms with Crippen LogP contribution in [0.15, 0.2) is 137 Å². The maximum atomic E-state index is 14.5. The normalized spacial score (nSPS) is 11.9. The maximum absolute atomic E-state index is 14.5. The molecule has 6 aromatic heterocycles. The van der Waals surface area contributed by atoms with Crippen LogP contribution in [0.2, 0.25) is 0 Å². The lowest BCUT2D eigenvalue weighted by molar-refractivity contribution is 0.580. The molecule has 0 unspecified atom stereocenters. The molecular formula is C38H24N2O6. The predicted octanol–water partition coefficient (Wildman–Crippen LogP) is 8.74. The summed E-state index contributed by atoms with van der Waals surface area (Å²) in [6.07, 6.45) is 6.42. The first-order valence-electron chi connectivity index (χ1n) is 14.7. The van der Waals surface area contributed by atoms with E-state index < -0.39 is 0 Å². The van der Waals surface area contributed by atoms with E-state index in [9.17, 15) is 9.59 Å². The van der Waals surface area contributed by atoms with Crippen molar-refractivity contribution in [2.75, 3.05) is 0 Å². The highest BCUT2D eigenvalue weighted by Crippen LogP contribution is 2.37. The number of furan rings is 4. The average Bonchev–Trinajstić information content (AvgIpc) is 3.92. The zero-order valence-corrected chi connectivity index (χ0v) is 24.7. The lowest BCUT2D eigenvalue weighted by Gasteiger charge is -2.17. The summed E-state index contributed by atoms with van der Waals surface area (Å²) in [7, 11) is 3.81. The molecule has 46 heavy (non-hydrogen) atoms. The van der Waals surface area contributed by atoms with Crippen molar-refractivity contribution >= 4 is 43.6 Å². The van der Waals surface area contributed by atoms with Crippen molar-refractivity contribution in [1.29, 1.82) is 0 Å². The molecule has 3 aromatic carbocycles. The molecule has 0 aliphatic carbocycles. The molecule has 0 spiro atoms. The van der Waals surface area contributed by atoms with Crippen molar-refractivity contribution in [3.8, 4) is 45.3 Å². The number of aromatic nitrogens is 2. The standard InChI is InChI=1S/C38H24N2O6/c1-39-27-19-24-28(40(2)30-18-22(32-8-4-12-44-32)16-26(36(30)38(24)42)34-10-6-14-46-34)20-23(27)37(41)35-25(33-9-5-13-45-33)15-21(17-29(35)39)31-7-3-11-43-31/h3-20H,1-2H3. The number of rotatable bonds is 4. The largest absolute Gasteiger partial charge is 0.464 e. The van der Waals surface area contributed by atoms with Gasteiger partial charge in [0.1, 0.15) is 23.0 Å². The summed E-state index contributed by atoms with van der Waals surface area (Å²) < 4.78 is 27.0. The van der Waals surface area contributed by atoms with E-state index in [1.54, 1.807) is 37.2 Å². The Hall–Kier alpha value is -6.28. The fourth-order valence-corrected chi connectivity index (χ4v) is 6.71. The van der Waals surface area contributed by atoms with Gasteiger partial charge in [-0.25, -0.2) is 0 Å². The van der Waals surface area contributed by atoms with Crippen molar-refractivity contribution in [2.24, 2.45) is 14.1 Å². The Morgan fingerprint density at radius 2 is 0.826 bits per heavy atom. The van der Waals surface area contributed by atoms with Gasteiger partial charge in [0.2, 0.25) is 0 Å². The van der Waals surface area contributed by atoms with E-state index in [2.05, 4.69) is 0 Å². The summed E-state index contributed by atoms with van der Waals surface area (Å²) in [4.78, 5) is 29.0. The Kier molecular flexibility index (Phi) is 5.46. The van der Waals surface area contributed by atoms with Gasteiger partial charge in [0.15, 0.2) is 10.9 Å². The fraction of sp³-hybridized carbons (Fsp3) is 0.0526. The van der Waals surface area contributed by atoms with Crippen LogP contribution in [0.3, 0.4) is 0 Å². The lowest BCUT2D eigenvalue weighted by Crippen LogP contribution is -2.14. The Bertz CT molecular complexity index is 2530. The van der Waals surface area contributed by atoms with Gasteiger partial charge in [-0.15, -0.1) is 0 Å². The summed E-state index contributed by atoms with van der Waals surface area (Å²) in [6, 6.07) is 26.1. The zero-order valence-electron chi connectivity index (χ0n) is 24.7. The van der Waals surface area contributed by atoms with E-state index in [1.807, 2.05) is 96.0 Å². The quantitative estimate of drug-likeness (QED) is 0.186. The van der Waals surface area contributed by atoms with Gasteiger partial charge in [0.05, 0.1) is 57.9 Å². The summed E-state index contributed by atoms with van der Waals surface area (Å²) in [5, 5.41) is 2.02. The molecule has 0 aliphatic heterocycles. The van der Waals surface area contributed by atoms with Gasteiger partial charge in [0.25, 0.3) is 0 Å². The number of benzene rings is 3. The monoisotopic (exact) mass is 604 g/mol. The summed E-state index contributed by atoms with van der Waals surface area (Å²) in [5.74, 6) is 2.48. The first kappa shape index (κ1) is 26.2. The van der Waals surface area contributed by atoms with E-state index in [0.29, 0.717) is 77.8 Å². The average molecular weight is 605 g/mol. The van der Waals surface area contributed by atoms with Gasteiger partial charge in [-0.1, -0.05) is 0 Å². The molecule has 0 atom stereocenters. The van der Waals surface area contributed by atoms with Crippen molar-refractivity contribution in [3.05, 3.63) is 130 Å². The fourth-order valence-electron chi connectivity index (χ4n) is 6.71. The van der Waals surface area contributed by atoms with Crippen LogP contribution in [0.1, 0.15) is 0 Å². The molecule has 0 saturated heterocycles. The molecular weight excluding hydrogens is 580 g/mol. The van der Waals surface area contributed by atoms with Crippen molar-refractivity contribution in [2.45, 2.75) is 0 Å². The Labute approximate surface area is 259 Å². The van der Waals surface area contributed by atoms with Crippen LogP contribution in [0.25, 0.3) is 88.9 Å². The van der Waals surface area contributed by atoms with E-state index in [1.165, 1.54) is 0 Å². The van der Waals surface area contributed by atoms with Crippen LogP contribution >= 0.6 is 0 Å². The highest BCUT2D eigenvalue weighted by molar-refractivity contribution is 6.09. The molecule has 0 bridgehead atoms. The lowest BCUT2D eigenvalue weighted by atomic mass is 9.96. The molecule has 0 saturated carbocycles. The van der Waals surface area contributed by atoms with Crippen molar-refractivity contribution in [3.63, 3.8) is 0 Å². The molecule has 9 aromatic rings. The van der Waals surface area contributed by atoms with Crippen LogP contribution in [-0.2, 0) is 14.1 Å². The molecule has 0 fully saturated rings. The van der Waals surface area contributed by atoms with E-state index in [0.717, 1.165) is 11.1 Å². The van der Waals surface area contributed by atoms with Gasteiger partial charge in [0, 0.05) is 47.1 Å². The minimum absolute atomic E-state index is 0.157. The summed E-state index contributed by atoms with van der Waals surface area (Å²) >= 11 is 0. The van der Waals surface area contributed by atoms with Gasteiger partial charge in [-0.3, -0.25) is 9.59 Å². The molecule has 8 heteroatoms. The van der Waals surface area contributed by atoms with Crippen molar-refractivity contribution < 1.29 is 17.7 Å². The SMILES string of the molecule is Cn1c2cc3c(=O)c4c(-c5ccco5)cc(-c5ccco5)cc4n(C)c3cc2c(=O)c2c(-c3ccco3)cc(-c3ccco3)cc21. The first-order chi connectivity index (χ1) is 22.5. The molecule has 9 rings (SSSR count). The second kappa shape index (κ2) is 9.61. The Balaban J connectivity index is 1.43. The second-order valence-electron chi connectivity index (χ2n) is 11.4. The molecule has 0 aliphatic rings. The van der Waals surface area contributed by atoms with Crippen LogP contribution in [0.5, 0.6) is 0 Å². The number of pyridine rings is 2. The number of hydrogen-bond donors (Lipinski definition) is 0. The summed E-state index contributed by atoms with van der Waals surface area (Å²) in [6.45, 7) is 0. The number of aryl methyl sites for hydroxylation is 2. The molecule has 8 nitrogen and oxygen atoms in total. The predicted molar refractivity (Wildman–Crippen MR) is 178 cm³/mol. The van der Waals surface area contributed by atoms with Crippen LogP contribution in [-0.4, -0.2) is 9.13 Å². The van der Waals surface area contributed by atoms with Crippen LogP contribution in [0, 0.1) is 0 Å². The maximum Gasteiger partial charge on any atom is 0.198 e. The first-order valence-corrected chi connectivity index (χ1v) is 14.7. The van der Waals surface area contributed by atoms with Crippen LogP contribution < -0.4 is 10.9 Å². The molecule has 0 amide bonds. The van der Waals surface area contributed by atoms with Gasteiger partial charge in [-0.05, 0) is 84.9 Å². The number of hydrogen-bond acceptors (Lipinski definition) is 6. The van der Waals surface area contributed by atoms with Gasteiger partial charge < -0.3 is 26.8 Å². The minimum atomic E-state index is -0.157. The molecule has 6 heterocycles.